The molecule has 0 radical (unpaired) electrons. The summed E-state index contributed by atoms with van der Waals surface area (Å²) in [5.74, 6) is 1.78. The number of hydrogen-bond donors (Lipinski definition) is 0. The van der Waals surface area contributed by atoms with Gasteiger partial charge in [-0.3, -0.25) is 0 Å². The van der Waals surface area contributed by atoms with Crippen LogP contribution in [0.5, 0.6) is 11.5 Å². The molecule has 0 atom stereocenters. The Hall–Kier alpha value is -7.56. The summed E-state index contributed by atoms with van der Waals surface area (Å²) in [6, 6.07) is 65.2. The van der Waals surface area contributed by atoms with Gasteiger partial charge in [-0.25, -0.2) is 0 Å². The standard InChI is InChI=1S/C60H56N2O2/c1-7-63-57-35-19-49(20-36-57)13-11-47-15-27-53(28-16-47)61(59-39-9-43(3)41-45(59)5)55-31-23-51(24-32-55)52-25-33-56(34-26-52)62(60-40-10-44(4)42-46(60)6)54-29-17-48(18-30-54)12-14-50-21-37-58(38-22-50)64-8-2/h9-42H,7-8H2,1-6H3/b13-11+,14-12+. The van der Waals surface area contributed by atoms with E-state index in [0.717, 1.165) is 79.0 Å². The molecule has 0 aliphatic heterocycles. The highest BCUT2D eigenvalue weighted by atomic mass is 16.5. The van der Waals surface area contributed by atoms with E-state index in [0.29, 0.717) is 13.2 Å². The number of aryl methyl sites for hydroxylation is 4. The Morgan fingerprint density at radius 1 is 0.344 bits per heavy atom. The fourth-order valence-corrected chi connectivity index (χ4v) is 8.11. The monoisotopic (exact) mass is 836 g/mol. The van der Waals surface area contributed by atoms with Gasteiger partial charge >= 0.3 is 0 Å². The highest BCUT2D eigenvalue weighted by molar-refractivity contribution is 5.83. The summed E-state index contributed by atoms with van der Waals surface area (Å²) in [6.45, 7) is 14.0. The zero-order valence-electron chi connectivity index (χ0n) is 37.8. The molecule has 8 rings (SSSR count). The molecule has 0 spiro atoms. The Kier molecular flexibility index (Phi) is 13.5. The van der Waals surface area contributed by atoms with E-state index in [-0.39, 0.29) is 0 Å². The summed E-state index contributed by atoms with van der Waals surface area (Å²) < 4.78 is 11.2. The minimum Gasteiger partial charge on any atom is -0.494 e. The summed E-state index contributed by atoms with van der Waals surface area (Å²) in [7, 11) is 0. The van der Waals surface area contributed by atoms with Crippen molar-refractivity contribution in [2.45, 2.75) is 41.5 Å². The summed E-state index contributed by atoms with van der Waals surface area (Å²) in [5, 5.41) is 0. The Labute approximate surface area is 380 Å². The minimum absolute atomic E-state index is 0.663. The molecule has 64 heavy (non-hydrogen) atoms. The van der Waals surface area contributed by atoms with Crippen molar-refractivity contribution in [2.24, 2.45) is 0 Å². The lowest BCUT2D eigenvalue weighted by Gasteiger charge is -2.28. The maximum absolute atomic E-state index is 5.61. The molecule has 0 bridgehead atoms. The fourth-order valence-electron chi connectivity index (χ4n) is 8.11. The molecule has 0 amide bonds. The molecule has 0 N–H and O–H groups in total. The van der Waals surface area contributed by atoms with E-state index in [1.165, 1.54) is 22.3 Å². The number of nitrogens with zero attached hydrogens (tertiary/aromatic N) is 2. The Bertz CT molecular complexity index is 2640. The maximum atomic E-state index is 5.61. The van der Waals surface area contributed by atoms with E-state index >= 15 is 0 Å². The van der Waals surface area contributed by atoms with Crippen molar-refractivity contribution in [1.29, 1.82) is 0 Å². The average Bonchev–Trinajstić information content (AvgIpc) is 3.31. The number of ether oxygens (including phenoxy) is 2. The average molecular weight is 837 g/mol. The van der Waals surface area contributed by atoms with Crippen LogP contribution in [0, 0.1) is 27.7 Å². The van der Waals surface area contributed by atoms with Crippen LogP contribution in [0.15, 0.2) is 182 Å². The van der Waals surface area contributed by atoms with Gasteiger partial charge in [0.1, 0.15) is 11.5 Å². The lowest BCUT2D eigenvalue weighted by atomic mass is 10.0. The van der Waals surface area contributed by atoms with Crippen molar-refractivity contribution in [1.82, 2.24) is 0 Å². The molecule has 8 aromatic carbocycles. The molecule has 0 saturated heterocycles. The van der Waals surface area contributed by atoms with Gasteiger partial charge in [-0.2, -0.15) is 0 Å². The van der Waals surface area contributed by atoms with Gasteiger partial charge in [0.2, 0.25) is 0 Å². The van der Waals surface area contributed by atoms with Crippen LogP contribution in [0.1, 0.15) is 58.4 Å². The molecule has 0 unspecified atom stereocenters. The third-order valence-electron chi connectivity index (χ3n) is 11.4. The van der Waals surface area contributed by atoms with Crippen LogP contribution in [0.25, 0.3) is 35.4 Å². The van der Waals surface area contributed by atoms with E-state index in [1.54, 1.807) is 0 Å². The van der Waals surface area contributed by atoms with Crippen molar-refractivity contribution in [3.05, 3.63) is 226 Å². The first-order valence-electron chi connectivity index (χ1n) is 22.2. The lowest BCUT2D eigenvalue weighted by Crippen LogP contribution is -2.11. The molecule has 0 aliphatic rings. The van der Waals surface area contributed by atoms with Crippen molar-refractivity contribution in [2.75, 3.05) is 23.0 Å². The summed E-state index contributed by atoms with van der Waals surface area (Å²) in [4.78, 5) is 4.70. The van der Waals surface area contributed by atoms with E-state index in [4.69, 9.17) is 9.47 Å². The zero-order chi connectivity index (χ0) is 44.4. The number of hydrogen-bond acceptors (Lipinski definition) is 4. The minimum atomic E-state index is 0.663. The van der Waals surface area contributed by atoms with Gasteiger partial charge in [0, 0.05) is 34.1 Å². The van der Waals surface area contributed by atoms with Crippen LogP contribution in [-0.4, -0.2) is 13.2 Å². The van der Waals surface area contributed by atoms with Crippen molar-refractivity contribution >= 4 is 58.4 Å². The molecule has 4 nitrogen and oxygen atoms in total. The molecule has 0 saturated carbocycles. The van der Waals surface area contributed by atoms with Gasteiger partial charge in [-0.15, -0.1) is 0 Å². The Morgan fingerprint density at radius 2 is 0.625 bits per heavy atom. The number of benzene rings is 8. The second-order valence-corrected chi connectivity index (χ2v) is 16.2. The highest BCUT2D eigenvalue weighted by Crippen LogP contribution is 2.40. The molecule has 318 valence electrons. The molecule has 0 aliphatic carbocycles. The molecule has 8 aromatic rings. The second kappa shape index (κ2) is 20.1. The first kappa shape index (κ1) is 43.1. The number of anilines is 6. The molecule has 0 aromatic heterocycles. The largest absolute Gasteiger partial charge is 0.494 e. The predicted molar refractivity (Wildman–Crippen MR) is 273 cm³/mol. The first-order valence-corrected chi connectivity index (χ1v) is 22.2. The predicted octanol–water partition coefficient (Wildman–Crippen LogP) is 16.7. The maximum Gasteiger partial charge on any atom is 0.119 e. The molecule has 4 heteroatoms. The molecule has 0 fully saturated rings. The van der Waals surface area contributed by atoms with Crippen molar-refractivity contribution < 1.29 is 9.47 Å². The van der Waals surface area contributed by atoms with Gasteiger partial charge in [0.05, 0.1) is 13.2 Å². The fraction of sp³-hybridized carbons (Fsp3) is 0.133. The van der Waals surface area contributed by atoms with Crippen LogP contribution in [0.3, 0.4) is 0 Å². The van der Waals surface area contributed by atoms with E-state index in [1.807, 2.05) is 38.1 Å². The SMILES string of the molecule is CCOc1ccc(/C=C/c2ccc(N(c3ccc(-c4ccc(N(c5ccc(/C=C/c6ccc(OCC)cc6)cc5)c5ccc(C)cc5C)cc4)cc3)c3ccc(C)cc3C)cc2)cc1. The second-order valence-electron chi connectivity index (χ2n) is 16.2. The molecular weight excluding hydrogens is 781 g/mol. The number of rotatable bonds is 15. The van der Waals surface area contributed by atoms with Gasteiger partial charge in [0.25, 0.3) is 0 Å². The zero-order valence-corrected chi connectivity index (χ0v) is 37.8. The van der Waals surface area contributed by atoms with Gasteiger partial charge in [-0.05, 0) is 171 Å². The van der Waals surface area contributed by atoms with E-state index in [2.05, 4.69) is 220 Å². The van der Waals surface area contributed by atoms with Crippen LogP contribution in [-0.2, 0) is 0 Å². The Morgan fingerprint density at radius 3 is 0.906 bits per heavy atom. The highest BCUT2D eigenvalue weighted by Gasteiger charge is 2.17. The molecular formula is C60H56N2O2. The molecule has 0 heterocycles. The normalized spacial score (nSPS) is 11.3. The van der Waals surface area contributed by atoms with Gasteiger partial charge < -0.3 is 19.3 Å². The van der Waals surface area contributed by atoms with Gasteiger partial charge in [-0.1, -0.05) is 132 Å². The van der Waals surface area contributed by atoms with Crippen LogP contribution in [0.2, 0.25) is 0 Å². The van der Waals surface area contributed by atoms with Crippen molar-refractivity contribution in [3.63, 3.8) is 0 Å². The van der Waals surface area contributed by atoms with Gasteiger partial charge in [0.15, 0.2) is 0 Å². The quantitative estimate of drug-likeness (QED) is 0.0961. The third kappa shape index (κ3) is 10.4. The first-order chi connectivity index (χ1) is 31.2. The topological polar surface area (TPSA) is 24.9 Å². The van der Waals surface area contributed by atoms with Crippen LogP contribution < -0.4 is 19.3 Å². The smallest absolute Gasteiger partial charge is 0.119 e. The van der Waals surface area contributed by atoms with Crippen LogP contribution >= 0.6 is 0 Å². The van der Waals surface area contributed by atoms with Crippen LogP contribution in [0.4, 0.5) is 34.1 Å². The Balaban J connectivity index is 1.04. The summed E-state index contributed by atoms with van der Waals surface area (Å²) in [6.07, 6.45) is 8.59. The summed E-state index contributed by atoms with van der Waals surface area (Å²) >= 11 is 0. The van der Waals surface area contributed by atoms with Crippen molar-refractivity contribution in [3.8, 4) is 22.6 Å². The van der Waals surface area contributed by atoms with E-state index < -0.39 is 0 Å². The third-order valence-corrected chi connectivity index (χ3v) is 11.4. The summed E-state index contributed by atoms with van der Waals surface area (Å²) in [5.41, 5.74) is 18.5. The lowest BCUT2D eigenvalue weighted by molar-refractivity contribution is 0.340. The van der Waals surface area contributed by atoms with E-state index in [9.17, 15) is 0 Å².